The first-order valence-electron chi connectivity index (χ1n) is 5.72. The summed E-state index contributed by atoms with van der Waals surface area (Å²) in [5, 5.41) is 18.3. The first-order valence-corrected chi connectivity index (χ1v) is 5.72. The molecular weight excluding hydrogens is 288 g/mol. The molecule has 0 N–H and O–H groups in total. The molecule has 0 aliphatic rings. The third-order valence-corrected chi connectivity index (χ3v) is 2.25. The summed E-state index contributed by atoms with van der Waals surface area (Å²) in [6.45, 7) is 0.684. The molecule has 0 bridgehead atoms. The molecule has 114 valence electrons. The van der Waals surface area contributed by atoms with E-state index in [1.165, 1.54) is 19.1 Å². The summed E-state index contributed by atoms with van der Waals surface area (Å²) >= 11 is 0. The van der Waals surface area contributed by atoms with Crippen molar-refractivity contribution in [3.8, 4) is 5.75 Å². The van der Waals surface area contributed by atoms with Gasteiger partial charge in [0.05, 0.1) is 0 Å². The minimum Gasteiger partial charge on any atom is -0.427 e. The first kappa shape index (κ1) is 16.1. The molecule has 0 saturated heterocycles. The first-order chi connectivity index (χ1) is 9.86. The van der Waals surface area contributed by atoms with Crippen LogP contribution in [0.1, 0.15) is 12.5 Å². The summed E-state index contributed by atoms with van der Waals surface area (Å²) in [6, 6.07) is 6.10. The molecule has 0 unspecified atom stereocenters. The number of rotatable bonds is 8. The highest BCUT2D eigenvalue weighted by Gasteiger charge is 2.16. The normalized spacial score (nSPS) is 11.3. The van der Waals surface area contributed by atoms with Gasteiger partial charge in [0, 0.05) is 13.3 Å². The number of benzene rings is 1. The van der Waals surface area contributed by atoms with Crippen molar-refractivity contribution in [2.24, 2.45) is 0 Å². The molecule has 1 atom stereocenters. The molecular formula is C11H12N2O8. The Morgan fingerprint density at radius 1 is 1.19 bits per heavy atom. The maximum absolute atomic E-state index is 10.7. The van der Waals surface area contributed by atoms with E-state index in [0.717, 1.165) is 0 Å². The Bertz CT molecular complexity index is 515. The lowest BCUT2D eigenvalue weighted by molar-refractivity contribution is -0.789. The molecule has 0 aliphatic heterocycles. The van der Waals surface area contributed by atoms with Gasteiger partial charge in [0.25, 0.3) is 10.2 Å². The van der Waals surface area contributed by atoms with E-state index in [1.807, 2.05) is 0 Å². The zero-order chi connectivity index (χ0) is 15.8. The smallest absolute Gasteiger partial charge is 0.308 e. The Hall–Kier alpha value is -2.91. The maximum atomic E-state index is 10.7. The monoisotopic (exact) mass is 300 g/mol. The van der Waals surface area contributed by atoms with Crippen LogP contribution in [-0.2, 0) is 20.9 Å². The quantitative estimate of drug-likeness (QED) is 0.300. The predicted octanol–water partition coefficient (Wildman–Crippen LogP) is 0.940. The van der Waals surface area contributed by atoms with Gasteiger partial charge in [-0.15, -0.1) is 20.2 Å². The summed E-state index contributed by atoms with van der Waals surface area (Å²) in [5.41, 5.74) is 0.602. The largest absolute Gasteiger partial charge is 0.427 e. The van der Waals surface area contributed by atoms with Crippen LogP contribution >= 0.6 is 0 Å². The third-order valence-electron chi connectivity index (χ3n) is 2.25. The lowest BCUT2D eigenvalue weighted by Gasteiger charge is -2.13. The van der Waals surface area contributed by atoms with E-state index < -0.39 is 28.9 Å². The number of ether oxygens (including phenoxy) is 1. The SMILES string of the molecule is CC(=O)Oc1ccc(C[C@@H](CO[N+](=O)[O-])O[N+](=O)[O-])cc1. The van der Waals surface area contributed by atoms with Gasteiger partial charge in [-0.1, -0.05) is 12.1 Å². The molecule has 0 aromatic heterocycles. The minimum atomic E-state index is -1.12. The van der Waals surface area contributed by atoms with Crippen molar-refractivity contribution >= 4 is 5.97 Å². The molecule has 1 aromatic rings. The van der Waals surface area contributed by atoms with Crippen molar-refractivity contribution in [2.45, 2.75) is 19.4 Å². The van der Waals surface area contributed by atoms with E-state index in [4.69, 9.17) is 4.74 Å². The predicted molar refractivity (Wildman–Crippen MR) is 66.3 cm³/mol. The highest BCUT2D eigenvalue weighted by molar-refractivity contribution is 5.69. The standard InChI is InChI=1S/C11H12N2O8/c1-8(14)20-10-4-2-9(3-5-10)6-11(21-13(17)18)7-19-12(15)16/h2-5,11H,6-7H2,1H3/t11-/m0/s1. The van der Waals surface area contributed by atoms with Gasteiger partial charge in [-0.05, 0) is 17.7 Å². The van der Waals surface area contributed by atoms with Crippen LogP contribution in [0.15, 0.2) is 24.3 Å². The van der Waals surface area contributed by atoms with Gasteiger partial charge >= 0.3 is 5.97 Å². The lowest BCUT2D eigenvalue weighted by Crippen LogP contribution is -2.26. The highest BCUT2D eigenvalue weighted by atomic mass is 17.0. The zero-order valence-corrected chi connectivity index (χ0v) is 11.0. The van der Waals surface area contributed by atoms with Crippen LogP contribution in [0.3, 0.4) is 0 Å². The third kappa shape index (κ3) is 6.71. The maximum Gasteiger partial charge on any atom is 0.308 e. The summed E-state index contributed by atoms with van der Waals surface area (Å²) < 4.78 is 4.83. The Morgan fingerprint density at radius 2 is 1.81 bits per heavy atom. The van der Waals surface area contributed by atoms with Crippen LogP contribution in [0, 0.1) is 20.2 Å². The molecule has 1 aromatic carbocycles. The Kier molecular flexibility index (Phi) is 5.86. The van der Waals surface area contributed by atoms with Crippen molar-refractivity contribution in [3.63, 3.8) is 0 Å². The number of hydrogen-bond donors (Lipinski definition) is 0. The fraction of sp³-hybridized carbons (Fsp3) is 0.364. The molecule has 10 nitrogen and oxygen atoms in total. The van der Waals surface area contributed by atoms with Crippen LogP contribution in [0.4, 0.5) is 0 Å². The van der Waals surface area contributed by atoms with Crippen LogP contribution < -0.4 is 4.74 Å². The molecule has 0 aliphatic carbocycles. The second-order valence-electron chi connectivity index (χ2n) is 3.91. The molecule has 1 rings (SSSR count). The van der Waals surface area contributed by atoms with E-state index >= 15 is 0 Å². The molecule has 10 heteroatoms. The van der Waals surface area contributed by atoms with Crippen LogP contribution in [0.25, 0.3) is 0 Å². The van der Waals surface area contributed by atoms with Crippen LogP contribution in [0.5, 0.6) is 5.75 Å². The minimum absolute atomic E-state index is 0.0230. The van der Waals surface area contributed by atoms with Crippen molar-refractivity contribution in [2.75, 3.05) is 6.61 Å². The number of esters is 1. The molecule has 0 fully saturated rings. The van der Waals surface area contributed by atoms with Crippen LogP contribution in [0.2, 0.25) is 0 Å². The van der Waals surface area contributed by atoms with Crippen LogP contribution in [-0.4, -0.2) is 28.9 Å². The van der Waals surface area contributed by atoms with E-state index in [0.29, 0.717) is 11.3 Å². The lowest BCUT2D eigenvalue weighted by atomic mass is 10.1. The zero-order valence-electron chi connectivity index (χ0n) is 11.0. The van der Waals surface area contributed by atoms with Crippen molar-refractivity contribution in [1.82, 2.24) is 0 Å². The van der Waals surface area contributed by atoms with E-state index in [9.17, 15) is 25.0 Å². The highest BCUT2D eigenvalue weighted by Crippen LogP contribution is 2.14. The number of carbonyl (C=O) groups is 1. The number of carbonyl (C=O) groups excluding carboxylic acids is 1. The van der Waals surface area contributed by atoms with Crippen molar-refractivity contribution < 1.29 is 29.4 Å². The Labute approximate surface area is 118 Å². The average molecular weight is 300 g/mol. The summed E-state index contributed by atoms with van der Waals surface area (Å²) in [4.78, 5) is 39.6. The fourth-order valence-electron chi connectivity index (χ4n) is 1.51. The summed E-state index contributed by atoms with van der Waals surface area (Å²) in [6.07, 6.45) is -1.10. The molecule has 0 radical (unpaired) electrons. The van der Waals surface area contributed by atoms with E-state index in [2.05, 4.69) is 9.68 Å². The molecule has 0 saturated carbocycles. The van der Waals surface area contributed by atoms with E-state index in [1.54, 1.807) is 12.1 Å². The molecule has 0 heterocycles. The Balaban J connectivity index is 2.66. The van der Waals surface area contributed by atoms with Gasteiger partial charge in [0.1, 0.15) is 18.5 Å². The van der Waals surface area contributed by atoms with Crippen molar-refractivity contribution in [1.29, 1.82) is 0 Å². The van der Waals surface area contributed by atoms with Gasteiger partial charge in [0.15, 0.2) is 0 Å². The average Bonchev–Trinajstić information content (AvgIpc) is 2.37. The number of hydrogen-bond acceptors (Lipinski definition) is 8. The fourth-order valence-corrected chi connectivity index (χ4v) is 1.51. The van der Waals surface area contributed by atoms with Crippen molar-refractivity contribution in [3.05, 3.63) is 50.1 Å². The summed E-state index contributed by atoms with van der Waals surface area (Å²) in [7, 11) is 0. The summed E-state index contributed by atoms with van der Waals surface area (Å²) in [5.74, 6) is -0.156. The van der Waals surface area contributed by atoms with Gasteiger partial charge in [-0.2, -0.15) is 0 Å². The van der Waals surface area contributed by atoms with E-state index in [-0.39, 0.29) is 6.42 Å². The molecule has 21 heavy (non-hydrogen) atoms. The van der Waals surface area contributed by atoms with Gasteiger partial charge in [-0.3, -0.25) is 4.79 Å². The number of nitrogens with zero attached hydrogens (tertiary/aromatic N) is 2. The van der Waals surface area contributed by atoms with Gasteiger partial charge in [0.2, 0.25) is 0 Å². The Morgan fingerprint density at radius 3 is 2.29 bits per heavy atom. The molecule has 0 amide bonds. The second-order valence-corrected chi connectivity index (χ2v) is 3.91. The van der Waals surface area contributed by atoms with Gasteiger partial charge < -0.3 is 14.4 Å². The topological polar surface area (TPSA) is 131 Å². The molecule has 0 spiro atoms. The van der Waals surface area contributed by atoms with Gasteiger partial charge in [-0.25, -0.2) is 0 Å². The second kappa shape index (κ2) is 7.62.